The molecule has 9 heteroatoms. The van der Waals surface area contributed by atoms with Crippen LogP contribution in [0.5, 0.6) is 0 Å². The number of aromatic amines is 1. The van der Waals surface area contributed by atoms with E-state index in [2.05, 4.69) is 15.8 Å². The molecule has 6 nitrogen and oxygen atoms in total. The molecule has 4 atom stereocenters. The minimum Gasteiger partial charge on any atom is -0.358 e. The van der Waals surface area contributed by atoms with Crippen molar-refractivity contribution in [1.29, 1.82) is 0 Å². The fourth-order valence-electron chi connectivity index (χ4n) is 4.15. The Balaban J connectivity index is 1.88. The van der Waals surface area contributed by atoms with Gasteiger partial charge in [-0.2, -0.15) is 13.2 Å². The van der Waals surface area contributed by atoms with E-state index in [-0.39, 0.29) is 31.1 Å². The number of rotatable bonds is 7. The van der Waals surface area contributed by atoms with Gasteiger partial charge in [-0.3, -0.25) is 14.4 Å². The first-order valence-corrected chi connectivity index (χ1v) is 10.6. The Kier molecular flexibility index (Phi) is 6.93. The van der Waals surface area contributed by atoms with Crippen molar-refractivity contribution in [2.75, 3.05) is 6.61 Å². The average Bonchev–Trinajstić information content (AvgIpc) is 3.12. The van der Waals surface area contributed by atoms with Crippen molar-refractivity contribution in [1.82, 2.24) is 15.8 Å². The molecule has 31 heavy (non-hydrogen) atoms. The molecule has 0 radical (unpaired) electrons. The topological polar surface area (TPSA) is 83.2 Å². The van der Waals surface area contributed by atoms with Crippen molar-refractivity contribution in [2.24, 2.45) is 11.8 Å². The third-order valence-electron chi connectivity index (χ3n) is 6.04. The van der Waals surface area contributed by atoms with Gasteiger partial charge >= 0.3 is 6.18 Å². The molecule has 1 aliphatic carbocycles. The molecular weight excluding hydrogens is 411 g/mol. The number of fused-ring (bicyclic) bond motifs is 3. The van der Waals surface area contributed by atoms with Crippen LogP contribution in [-0.2, 0) is 20.8 Å². The summed E-state index contributed by atoms with van der Waals surface area (Å²) in [6.45, 7) is 5.63. The lowest BCUT2D eigenvalue weighted by Gasteiger charge is -2.32. The van der Waals surface area contributed by atoms with E-state index in [9.17, 15) is 22.8 Å². The maximum absolute atomic E-state index is 13.9. The van der Waals surface area contributed by atoms with Gasteiger partial charge in [0.25, 0.3) is 5.91 Å². The van der Waals surface area contributed by atoms with Crippen molar-refractivity contribution in [3.63, 3.8) is 0 Å². The lowest BCUT2D eigenvalue weighted by atomic mass is 9.78. The largest absolute Gasteiger partial charge is 0.397 e. The summed E-state index contributed by atoms with van der Waals surface area (Å²) >= 11 is 0. The maximum Gasteiger partial charge on any atom is 0.397 e. The Morgan fingerprint density at radius 3 is 2.61 bits per heavy atom. The van der Waals surface area contributed by atoms with E-state index in [0.717, 1.165) is 0 Å². The second-order valence-electron chi connectivity index (χ2n) is 8.06. The van der Waals surface area contributed by atoms with Gasteiger partial charge in [0, 0.05) is 22.5 Å². The predicted octanol–water partition coefficient (Wildman–Crippen LogP) is 3.97. The van der Waals surface area contributed by atoms with E-state index in [1.54, 1.807) is 38.1 Å². The summed E-state index contributed by atoms with van der Waals surface area (Å²) < 4.78 is 41.6. The van der Waals surface area contributed by atoms with Crippen LogP contribution in [0.4, 0.5) is 13.2 Å². The van der Waals surface area contributed by atoms with Gasteiger partial charge in [-0.15, -0.1) is 0 Å². The van der Waals surface area contributed by atoms with Gasteiger partial charge in [-0.05, 0) is 37.3 Å². The third-order valence-corrected chi connectivity index (χ3v) is 6.04. The summed E-state index contributed by atoms with van der Waals surface area (Å²) in [4.78, 5) is 33.3. The number of para-hydroxylation sites is 1. The Morgan fingerprint density at radius 2 is 1.97 bits per heavy atom. The molecule has 3 unspecified atom stereocenters. The van der Waals surface area contributed by atoms with Crippen molar-refractivity contribution in [3.8, 4) is 0 Å². The minimum atomic E-state index is -4.49. The van der Waals surface area contributed by atoms with Gasteiger partial charge < -0.3 is 10.3 Å². The molecule has 0 saturated heterocycles. The van der Waals surface area contributed by atoms with Crippen LogP contribution >= 0.6 is 0 Å². The van der Waals surface area contributed by atoms with E-state index < -0.39 is 35.9 Å². The highest BCUT2D eigenvalue weighted by Gasteiger charge is 2.48. The van der Waals surface area contributed by atoms with Crippen LogP contribution in [0.15, 0.2) is 24.3 Å². The van der Waals surface area contributed by atoms with Crippen LogP contribution in [-0.4, -0.2) is 35.6 Å². The average molecular weight is 439 g/mol. The Hall–Kier alpha value is -2.55. The van der Waals surface area contributed by atoms with Gasteiger partial charge in [-0.25, -0.2) is 5.48 Å². The van der Waals surface area contributed by atoms with Crippen molar-refractivity contribution < 1.29 is 27.6 Å². The molecule has 170 valence electrons. The highest BCUT2D eigenvalue weighted by atomic mass is 19.4. The zero-order chi connectivity index (χ0) is 22.8. The number of halogens is 3. The number of carbonyl (C=O) groups excluding carboxylic acids is 2. The first-order valence-electron chi connectivity index (χ1n) is 10.6. The molecule has 2 amide bonds. The molecule has 1 heterocycles. The number of alkyl halides is 3. The second-order valence-corrected chi connectivity index (χ2v) is 8.06. The zero-order valence-corrected chi connectivity index (χ0v) is 17.8. The normalized spacial score (nSPS) is 20.7. The van der Waals surface area contributed by atoms with E-state index in [4.69, 9.17) is 4.84 Å². The van der Waals surface area contributed by atoms with Crippen LogP contribution in [0.25, 0.3) is 10.9 Å². The van der Waals surface area contributed by atoms with Gasteiger partial charge in [0.15, 0.2) is 0 Å². The third kappa shape index (κ3) is 4.87. The highest BCUT2D eigenvalue weighted by molar-refractivity contribution is 5.90. The van der Waals surface area contributed by atoms with Gasteiger partial charge in [0.1, 0.15) is 6.04 Å². The molecule has 1 aromatic carbocycles. The fourth-order valence-corrected chi connectivity index (χ4v) is 4.15. The number of H-pyrrole nitrogens is 1. The second kappa shape index (κ2) is 9.30. The number of amides is 2. The maximum atomic E-state index is 13.9. The summed E-state index contributed by atoms with van der Waals surface area (Å²) in [5, 5.41) is 3.37. The van der Waals surface area contributed by atoms with Crippen molar-refractivity contribution >= 4 is 22.7 Å². The standard InChI is InChI=1S/C22H28F3N3O3/c1-4-12(3)18(21(30)28-31-5-2)27-20(29)13-10-15-14-8-6-7-9-17(14)26-19(15)16(11-13)22(23,24)25/h6-9,12-13,16,18,26H,4-5,10-11H2,1-3H3,(H,27,29)(H,28,30)/t12?,13?,16?,18-/m0/s1. The fraction of sp³-hybridized carbons (Fsp3) is 0.545. The molecule has 2 aromatic rings. The molecular formula is C22H28F3N3O3. The lowest BCUT2D eigenvalue weighted by Crippen LogP contribution is -2.52. The lowest BCUT2D eigenvalue weighted by molar-refractivity contribution is -0.159. The van der Waals surface area contributed by atoms with Crippen LogP contribution in [0.1, 0.15) is 50.8 Å². The minimum absolute atomic E-state index is 0.130. The quantitative estimate of drug-likeness (QED) is 0.571. The number of aromatic nitrogens is 1. The number of nitrogens with one attached hydrogen (secondary N) is 3. The van der Waals surface area contributed by atoms with Gasteiger partial charge in [-0.1, -0.05) is 38.5 Å². The van der Waals surface area contributed by atoms with Crippen molar-refractivity contribution in [2.45, 2.75) is 58.2 Å². The molecule has 3 rings (SSSR count). The summed E-state index contributed by atoms with van der Waals surface area (Å²) in [6, 6.07) is 6.12. The summed E-state index contributed by atoms with van der Waals surface area (Å²) in [5.74, 6) is -3.94. The number of benzene rings is 1. The Morgan fingerprint density at radius 1 is 1.26 bits per heavy atom. The van der Waals surface area contributed by atoms with Gasteiger partial charge in [0.05, 0.1) is 12.5 Å². The number of hydroxylamine groups is 1. The number of hydrogen-bond donors (Lipinski definition) is 3. The molecule has 3 N–H and O–H groups in total. The van der Waals surface area contributed by atoms with E-state index in [1.807, 2.05) is 6.92 Å². The molecule has 0 saturated carbocycles. The van der Waals surface area contributed by atoms with Crippen LogP contribution < -0.4 is 10.8 Å². The first kappa shape index (κ1) is 23.1. The van der Waals surface area contributed by atoms with Crippen LogP contribution in [0.2, 0.25) is 0 Å². The van der Waals surface area contributed by atoms with E-state index in [0.29, 0.717) is 22.9 Å². The van der Waals surface area contributed by atoms with Crippen molar-refractivity contribution in [3.05, 3.63) is 35.5 Å². The van der Waals surface area contributed by atoms with Gasteiger partial charge in [0.2, 0.25) is 5.91 Å². The SMILES string of the molecule is CCONC(=O)[C@@H](NC(=O)C1Cc2c([nH]c3ccccc23)C(C(F)(F)F)C1)C(C)CC. The smallest absolute Gasteiger partial charge is 0.358 e. The van der Waals surface area contributed by atoms with E-state index in [1.165, 1.54) is 0 Å². The molecule has 0 spiro atoms. The Bertz CT molecular complexity index is 941. The van der Waals surface area contributed by atoms with Crippen LogP contribution in [0.3, 0.4) is 0 Å². The molecule has 1 aliphatic rings. The molecule has 0 bridgehead atoms. The van der Waals surface area contributed by atoms with E-state index >= 15 is 0 Å². The zero-order valence-electron chi connectivity index (χ0n) is 17.8. The summed E-state index contributed by atoms with van der Waals surface area (Å²) in [6.07, 6.45) is -4.07. The monoisotopic (exact) mass is 439 g/mol. The first-order chi connectivity index (χ1) is 14.7. The summed E-state index contributed by atoms with van der Waals surface area (Å²) in [7, 11) is 0. The molecule has 1 aromatic heterocycles. The van der Waals surface area contributed by atoms with Crippen LogP contribution in [0, 0.1) is 11.8 Å². The highest BCUT2D eigenvalue weighted by Crippen LogP contribution is 2.46. The number of hydrogen-bond acceptors (Lipinski definition) is 3. The molecule has 0 aliphatic heterocycles. The number of carbonyl (C=O) groups is 2. The molecule has 0 fully saturated rings. The predicted molar refractivity (Wildman–Crippen MR) is 110 cm³/mol. The summed E-state index contributed by atoms with van der Waals surface area (Å²) in [5.41, 5.74) is 3.55. The Labute approximate surface area is 178 Å².